The molecule has 1 fully saturated rings. The van der Waals surface area contributed by atoms with Crippen LogP contribution in [0.5, 0.6) is 11.5 Å². The molecule has 0 saturated heterocycles. The highest BCUT2D eigenvalue weighted by atomic mass is 32.2. The predicted octanol–water partition coefficient (Wildman–Crippen LogP) is 3.25. The smallest absolute Gasteiger partial charge is 0.226 e. The lowest BCUT2D eigenvalue weighted by Gasteiger charge is -2.36. The molecule has 0 bridgehead atoms. The molecule has 0 unspecified atom stereocenters. The monoisotopic (exact) mass is 341 g/mol. The van der Waals surface area contributed by atoms with E-state index in [1.807, 2.05) is 0 Å². The van der Waals surface area contributed by atoms with E-state index >= 15 is 0 Å². The number of carbonyl (C=O) groups excluding carboxylic acids is 1. The van der Waals surface area contributed by atoms with Gasteiger partial charge in [-0.2, -0.15) is 0 Å². The van der Waals surface area contributed by atoms with Crippen LogP contribution in [0, 0.1) is 11.7 Å². The predicted molar refractivity (Wildman–Crippen MR) is 90.7 cm³/mol. The van der Waals surface area contributed by atoms with E-state index in [4.69, 9.17) is 9.47 Å². The van der Waals surface area contributed by atoms with Crippen LogP contribution in [-0.2, 0) is 4.79 Å². The molecular weight excluding hydrogens is 317 g/mol. The maximum atomic E-state index is 13.6. The largest absolute Gasteiger partial charge is 0.490 e. The highest BCUT2D eigenvalue weighted by Gasteiger charge is 2.30. The van der Waals surface area contributed by atoms with Crippen LogP contribution in [0.3, 0.4) is 0 Å². The van der Waals surface area contributed by atoms with Crippen molar-refractivity contribution < 1.29 is 18.7 Å². The van der Waals surface area contributed by atoms with Crippen LogP contribution < -0.4 is 14.8 Å². The van der Waals surface area contributed by atoms with Crippen molar-refractivity contribution >= 4 is 16.9 Å². The minimum atomic E-state index is -0.428. The Kier molecular flexibility index (Phi) is 6.72. The Morgan fingerprint density at radius 3 is 2.70 bits per heavy atom. The number of hydrogen-bond donors (Lipinski definition) is 1. The van der Waals surface area contributed by atoms with Gasteiger partial charge in [0.2, 0.25) is 5.12 Å². The molecule has 0 radical (unpaired) electrons. The van der Waals surface area contributed by atoms with E-state index in [1.165, 1.54) is 12.1 Å². The van der Waals surface area contributed by atoms with Crippen LogP contribution in [0.15, 0.2) is 18.2 Å². The second-order valence-electron chi connectivity index (χ2n) is 6.20. The average molecular weight is 341 g/mol. The second kappa shape index (κ2) is 8.55. The Hall–Kier alpha value is -1.27. The molecule has 1 aliphatic rings. The Labute approximate surface area is 141 Å². The zero-order valence-corrected chi connectivity index (χ0v) is 14.6. The third kappa shape index (κ3) is 6.03. The van der Waals surface area contributed by atoms with Crippen molar-refractivity contribution in [1.82, 2.24) is 5.32 Å². The fourth-order valence-electron chi connectivity index (χ4n) is 2.31. The van der Waals surface area contributed by atoms with Crippen molar-refractivity contribution in [3.05, 3.63) is 24.0 Å². The molecule has 6 heteroatoms. The molecule has 2 rings (SSSR count). The summed E-state index contributed by atoms with van der Waals surface area (Å²) in [4.78, 5) is 11.2. The topological polar surface area (TPSA) is 47.6 Å². The number of benzene rings is 1. The van der Waals surface area contributed by atoms with Gasteiger partial charge in [-0.15, -0.1) is 0 Å². The van der Waals surface area contributed by atoms with Crippen molar-refractivity contribution in [2.75, 3.05) is 19.4 Å². The summed E-state index contributed by atoms with van der Waals surface area (Å²) in [5, 5.41) is 3.38. The summed E-state index contributed by atoms with van der Waals surface area (Å²) in [5.41, 5.74) is 0. The molecule has 0 atom stereocenters. The number of rotatable bonds is 8. The summed E-state index contributed by atoms with van der Waals surface area (Å²) >= 11 is 1.09. The summed E-state index contributed by atoms with van der Waals surface area (Å²) in [7, 11) is 0. The zero-order valence-electron chi connectivity index (χ0n) is 13.8. The molecule has 23 heavy (non-hydrogen) atoms. The van der Waals surface area contributed by atoms with Gasteiger partial charge in [0.15, 0.2) is 6.61 Å². The van der Waals surface area contributed by atoms with Crippen molar-refractivity contribution in [2.45, 2.75) is 38.8 Å². The van der Waals surface area contributed by atoms with E-state index in [-0.39, 0.29) is 17.8 Å². The molecular formula is C17H24FNO3S. The van der Waals surface area contributed by atoms with Crippen LogP contribution in [0.25, 0.3) is 0 Å². The van der Waals surface area contributed by atoms with Gasteiger partial charge >= 0.3 is 0 Å². The summed E-state index contributed by atoms with van der Waals surface area (Å²) in [5.74, 6) is 0.963. The minimum Gasteiger partial charge on any atom is -0.490 e. The molecule has 1 aliphatic carbocycles. The number of hydrogen-bond acceptors (Lipinski definition) is 5. The number of halogens is 1. The first kappa shape index (κ1) is 18.1. The van der Waals surface area contributed by atoms with E-state index in [0.29, 0.717) is 23.5 Å². The average Bonchev–Trinajstić information content (AvgIpc) is 2.46. The number of thioether (sulfide) groups is 1. The lowest BCUT2D eigenvalue weighted by atomic mass is 9.89. The molecule has 0 aliphatic heterocycles. The molecule has 0 aromatic heterocycles. The van der Waals surface area contributed by atoms with E-state index in [9.17, 15) is 9.18 Å². The van der Waals surface area contributed by atoms with Crippen molar-refractivity contribution in [3.8, 4) is 11.5 Å². The normalized spacial score (nSPS) is 20.2. The number of nitrogens with one attached hydrogen (secondary N) is 1. The van der Waals surface area contributed by atoms with Gasteiger partial charge in [0.25, 0.3) is 0 Å². The molecule has 1 aromatic rings. The number of ether oxygens (including phenoxy) is 2. The lowest BCUT2D eigenvalue weighted by molar-refractivity contribution is -0.112. The van der Waals surface area contributed by atoms with Gasteiger partial charge in [0.1, 0.15) is 23.4 Å². The van der Waals surface area contributed by atoms with E-state index < -0.39 is 5.82 Å². The van der Waals surface area contributed by atoms with Gasteiger partial charge < -0.3 is 14.8 Å². The minimum absolute atomic E-state index is 0.0747. The van der Waals surface area contributed by atoms with Crippen LogP contribution in [0.1, 0.15) is 26.7 Å². The van der Waals surface area contributed by atoms with Gasteiger partial charge in [0, 0.05) is 24.2 Å². The van der Waals surface area contributed by atoms with E-state index in [1.54, 1.807) is 12.3 Å². The zero-order chi connectivity index (χ0) is 16.8. The summed E-state index contributed by atoms with van der Waals surface area (Å²) in [6.07, 6.45) is 3.63. The maximum absolute atomic E-state index is 13.6. The van der Waals surface area contributed by atoms with Crippen molar-refractivity contribution in [1.29, 1.82) is 0 Å². The van der Waals surface area contributed by atoms with Gasteiger partial charge in [-0.05, 0) is 31.6 Å². The molecule has 1 saturated carbocycles. The molecule has 4 nitrogen and oxygen atoms in total. The molecule has 0 heterocycles. The lowest BCUT2D eigenvalue weighted by Crippen LogP contribution is -2.47. The van der Waals surface area contributed by atoms with Gasteiger partial charge in [-0.3, -0.25) is 4.79 Å². The first-order chi connectivity index (χ1) is 11.0. The summed E-state index contributed by atoms with van der Waals surface area (Å²) in [6.45, 7) is 5.28. The third-order valence-corrected chi connectivity index (χ3v) is 4.21. The first-order valence-corrected chi connectivity index (χ1v) is 9.09. The second-order valence-corrected chi connectivity index (χ2v) is 7.06. The van der Waals surface area contributed by atoms with Crippen molar-refractivity contribution in [3.63, 3.8) is 0 Å². The van der Waals surface area contributed by atoms with Gasteiger partial charge in [-0.1, -0.05) is 25.6 Å². The van der Waals surface area contributed by atoms with Crippen molar-refractivity contribution in [2.24, 2.45) is 5.92 Å². The number of carbonyl (C=O) groups is 1. The Balaban J connectivity index is 1.82. The summed E-state index contributed by atoms with van der Waals surface area (Å²) < 4.78 is 24.7. The Bertz CT molecular complexity index is 533. The van der Waals surface area contributed by atoms with Crippen LogP contribution >= 0.6 is 11.8 Å². The fourth-order valence-corrected chi connectivity index (χ4v) is 2.49. The summed E-state index contributed by atoms with van der Waals surface area (Å²) in [6, 6.07) is 4.71. The highest BCUT2D eigenvalue weighted by Crippen LogP contribution is 2.29. The standard InChI is InChI=1S/C17H24FNO3S/c1-11(2)9-19-13-6-16(7-13)22-15-5-12(18)4-14(8-15)21-10-17(20)23-3/h4-5,8,11,13,16,19H,6-7,9-10H2,1-3H3. The first-order valence-electron chi connectivity index (χ1n) is 7.86. The highest BCUT2D eigenvalue weighted by molar-refractivity contribution is 8.13. The molecule has 1 N–H and O–H groups in total. The quantitative estimate of drug-likeness (QED) is 0.786. The SMILES string of the molecule is CSC(=O)COc1cc(F)cc(OC2CC(NCC(C)C)C2)c1. The van der Waals surface area contributed by atoms with E-state index in [2.05, 4.69) is 19.2 Å². The van der Waals surface area contributed by atoms with Gasteiger partial charge in [0.05, 0.1) is 0 Å². The molecule has 1 aromatic carbocycles. The molecule has 0 spiro atoms. The fraction of sp³-hybridized carbons (Fsp3) is 0.588. The maximum Gasteiger partial charge on any atom is 0.226 e. The van der Waals surface area contributed by atoms with E-state index in [0.717, 1.165) is 31.1 Å². The Morgan fingerprint density at radius 2 is 2.04 bits per heavy atom. The molecule has 128 valence electrons. The van der Waals surface area contributed by atoms with Gasteiger partial charge in [-0.25, -0.2) is 4.39 Å². The molecule has 0 amide bonds. The van der Waals surface area contributed by atoms with Crippen LogP contribution in [0.2, 0.25) is 0 Å². The van der Waals surface area contributed by atoms with Crippen LogP contribution in [0.4, 0.5) is 4.39 Å². The third-order valence-electron chi connectivity index (χ3n) is 3.64. The van der Waals surface area contributed by atoms with Crippen LogP contribution in [-0.4, -0.2) is 36.7 Å². The Morgan fingerprint density at radius 1 is 1.35 bits per heavy atom.